The van der Waals surface area contributed by atoms with Crippen molar-refractivity contribution in [2.24, 2.45) is 0 Å². The van der Waals surface area contributed by atoms with Crippen molar-refractivity contribution in [1.82, 2.24) is 4.90 Å². The summed E-state index contributed by atoms with van der Waals surface area (Å²) in [6.07, 6.45) is 3.83. The molecule has 0 spiro atoms. The number of hydrogen-bond donors (Lipinski definition) is 1. The smallest absolute Gasteiger partial charge is 0.329 e. The minimum absolute atomic E-state index is 0.217. The van der Waals surface area contributed by atoms with E-state index in [-0.39, 0.29) is 5.91 Å². The zero-order valence-electron chi connectivity index (χ0n) is 11.4. The number of aliphatic carboxylic acids is 1. The fraction of sp³-hybridized carbons (Fsp3) is 0.467. The number of amides is 1. The Kier molecular flexibility index (Phi) is 4.67. The molecule has 0 atom stereocenters. The number of hydrogen-bond acceptors (Lipinski definition) is 2. The van der Waals surface area contributed by atoms with Gasteiger partial charge in [-0.15, -0.1) is 0 Å². The lowest BCUT2D eigenvalue weighted by atomic mass is 9.80. The fourth-order valence-electron chi connectivity index (χ4n) is 2.81. The molecule has 1 aromatic rings. The van der Waals surface area contributed by atoms with Gasteiger partial charge in [-0.25, -0.2) is 4.79 Å². The summed E-state index contributed by atoms with van der Waals surface area (Å²) in [5.41, 5.74) is -0.502. The molecule has 0 aliphatic heterocycles. The van der Waals surface area contributed by atoms with Gasteiger partial charge in [0, 0.05) is 16.2 Å². The molecule has 1 aromatic carbocycles. The van der Waals surface area contributed by atoms with Gasteiger partial charge in [0.15, 0.2) is 0 Å². The van der Waals surface area contributed by atoms with E-state index < -0.39 is 11.5 Å². The molecule has 2 rings (SSSR count). The second-order valence-corrected chi connectivity index (χ2v) is 6.51. The zero-order chi connectivity index (χ0) is 14.8. The van der Waals surface area contributed by atoms with Gasteiger partial charge < -0.3 is 10.0 Å². The first-order chi connectivity index (χ1) is 9.47. The van der Waals surface area contributed by atoms with Gasteiger partial charge in [-0.05, 0) is 59.7 Å². The van der Waals surface area contributed by atoms with Crippen LogP contribution in [0.5, 0.6) is 0 Å². The minimum atomic E-state index is -1.04. The molecule has 1 fully saturated rings. The number of carboxylic acids is 1. The average molecular weight is 387 g/mol. The minimum Gasteiger partial charge on any atom is -0.479 e. The van der Waals surface area contributed by atoms with E-state index in [0.29, 0.717) is 18.4 Å². The molecule has 0 bridgehead atoms. The van der Waals surface area contributed by atoms with Gasteiger partial charge in [0.1, 0.15) is 5.54 Å². The summed E-state index contributed by atoms with van der Waals surface area (Å²) in [6, 6.07) is 7.21. The van der Waals surface area contributed by atoms with E-state index in [1.54, 1.807) is 19.2 Å². The van der Waals surface area contributed by atoms with Gasteiger partial charge in [0.25, 0.3) is 5.91 Å². The highest BCUT2D eigenvalue weighted by atomic mass is 127. The number of likely N-dealkylation sites (N-methyl/N-ethyl adjacent to an activating group) is 1. The molecule has 1 amide bonds. The molecule has 0 aromatic heterocycles. The summed E-state index contributed by atoms with van der Waals surface area (Å²) in [4.78, 5) is 25.7. The van der Waals surface area contributed by atoms with Crippen LogP contribution in [0.4, 0.5) is 0 Å². The second-order valence-electron chi connectivity index (χ2n) is 5.27. The molecule has 1 saturated carbocycles. The molecule has 1 aliphatic carbocycles. The van der Waals surface area contributed by atoms with Crippen molar-refractivity contribution in [2.75, 3.05) is 7.05 Å². The van der Waals surface area contributed by atoms with E-state index in [0.717, 1.165) is 22.8 Å². The topological polar surface area (TPSA) is 57.6 Å². The molecule has 0 saturated heterocycles. The Morgan fingerprint density at radius 2 is 1.70 bits per heavy atom. The molecule has 1 aliphatic rings. The number of benzene rings is 1. The van der Waals surface area contributed by atoms with Crippen LogP contribution in [-0.4, -0.2) is 34.5 Å². The highest BCUT2D eigenvalue weighted by Gasteiger charge is 2.45. The molecule has 0 radical (unpaired) electrons. The Balaban J connectivity index is 2.27. The first kappa shape index (κ1) is 15.3. The summed E-state index contributed by atoms with van der Waals surface area (Å²) in [7, 11) is 1.61. The molecular formula is C15H18INO3. The van der Waals surface area contributed by atoms with Crippen LogP contribution in [0.15, 0.2) is 24.3 Å². The third-order valence-electron chi connectivity index (χ3n) is 4.12. The lowest BCUT2D eigenvalue weighted by molar-refractivity contribution is -0.151. The van der Waals surface area contributed by atoms with E-state index in [1.165, 1.54) is 4.90 Å². The summed E-state index contributed by atoms with van der Waals surface area (Å²) in [5.74, 6) is -1.11. The second kappa shape index (κ2) is 6.11. The summed E-state index contributed by atoms with van der Waals surface area (Å²) in [5, 5.41) is 9.60. The first-order valence-electron chi connectivity index (χ1n) is 6.74. The zero-order valence-corrected chi connectivity index (χ0v) is 13.6. The van der Waals surface area contributed by atoms with Gasteiger partial charge in [-0.2, -0.15) is 0 Å². The lowest BCUT2D eigenvalue weighted by Crippen LogP contribution is -2.56. The molecule has 108 valence electrons. The lowest BCUT2D eigenvalue weighted by Gasteiger charge is -2.41. The SMILES string of the molecule is CN(C(=O)c1ccc(I)cc1)C1(C(=O)O)CCCCC1. The van der Waals surface area contributed by atoms with Crippen molar-refractivity contribution in [1.29, 1.82) is 0 Å². The van der Waals surface area contributed by atoms with E-state index in [2.05, 4.69) is 22.6 Å². The van der Waals surface area contributed by atoms with Crippen LogP contribution in [0, 0.1) is 3.57 Å². The monoisotopic (exact) mass is 387 g/mol. The van der Waals surface area contributed by atoms with Crippen LogP contribution in [0.1, 0.15) is 42.5 Å². The van der Waals surface area contributed by atoms with Crippen molar-refractivity contribution >= 4 is 34.5 Å². The molecule has 5 heteroatoms. The quantitative estimate of drug-likeness (QED) is 0.811. The van der Waals surface area contributed by atoms with Crippen molar-refractivity contribution < 1.29 is 14.7 Å². The van der Waals surface area contributed by atoms with Gasteiger partial charge >= 0.3 is 5.97 Å². The number of halogens is 1. The largest absolute Gasteiger partial charge is 0.479 e. The predicted molar refractivity (Wildman–Crippen MR) is 84.7 cm³/mol. The highest BCUT2D eigenvalue weighted by molar-refractivity contribution is 14.1. The van der Waals surface area contributed by atoms with Gasteiger partial charge in [0.05, 0.1) is 0 Å². The summed E-state index contributed by atoms with van der Waals surface area (Å²) < 4.78 is 1.05. The summed E-state index contributed by atoms with van der Waals surface area (Å²) in [6.45, 7) is 0. The van der Waals surface area contributed by atoms with Crippen molar-refractivity contribution in [3.63, 3.8) is 0 Å². The number of carbonyl (C=O) groups excluding carboxylic acids is 1. The Bertz CT molecular complexity index is 506. The molecule has 1 N–H and O–H groups in total. The Morgan fingerprint density at radius 1 is 1.15 bits per heavy atom. The normalized spacial score (nSPS) is 17.5. The maximum absolute atomic E-state index is 12.5. The highest BCUT2D eigenvalue weighted by Crippen LogP contribution is 2.34. The molecule has 0 unspecified atom stereocenters. The van der Waals surface area contributed by atoms with Crippen LogP contribution in [-0.2, 0) is 4.79 Å². The Morgan fingerprint density at radius 3 is 2.20 bits per heavy atom. The van der Waals surface area contributed by atoms with E-state index in [9.17, 15) is 14.7 Å². The van der Waals surface area contributed by atoms with Crippen molar-refractivity contribution in [2.45, 2.75) is 37.6 Å². The van der Waals surface area contributed by atoms with E-state index >= 15 is 0 Å². The molecule has 20 heavy (non-hydrogen) atoms. The fourth-order valence-corrected chi connectivity index (χ4v) is 3.17. The van der Waals surface area contributed by atoms with Crippen LogP contribution in [0.2, 0.25) is 0 Å². The third kappa shape index (κ3) is 2.82. The van der Waals surface area contributed by atoms with Crippen LogP contribution in [0.25, 0.3) is 0 Å². The van der Waals surface area contributed by atoms with Gasteiger partial charge in [-0.1, -0.05) is 19.3 Å². The van der Waals surface area contributed by atoms with Crippen molar-refractivity contribution in [3.05, 3.63) is 33.4 Å². The summed E-state index contributed by atoms with van der Waals surface area (Å²) >= 11 is 2.17. The molecule has 4 nitrogen and oxygen atoms in total. The standard InChI is InChI=1S/C15H18INO3/c1-17(13(18)11-5-7-12(16)8-6-11)15(14(19)20)9-3-2-4-10-15/h5-8H,2-4,9-10H2,1H3,(H,19,20). The Labute approximate surface area is 132 Å². The van der Waals surface area contributed by atoms with Crippen LogP contribution >= 0.6 is 22.6 Å². The van der Waals surface area contributed by atoms with Gasteiger partial charge in [0.2, 0.25) is 0 Å². The van der Waals surface area contributed by atoms with E-state index in [1.807, 2.05) is 12.1 Å². The van der Waals surface area contributed by atoms with Crippen molar-refractivity contribution in [3.8, 4) is 0 Å². The Hall–Kier alpha value is -1.11. The molecule has 0 heterocycles. The average Bonchev–Trinajstić information content (AvgIpc) is 2.47. The maximum atomic E-state index is 12.5. The number of rotatable bonds is 3. The first-order valence-corrected chi connectivity index (χ1v) is 7.82. The van der Waals surface area contributed by atoms with Crippen LogP contribution in [0.3, 0.4) is 0 Å². The maximum Gasteiger partial charge on any atom is 0.329 e. The third-order valence-corrected chi connectivity index (χ3v) is 4.84. The van der Waals surface area contributed by atoms with Gasteiger partial charge in [-0.3, -0.25) is 4.79 Å². The number of nitrogens with zero attached hydrogens (tertiary/aromatic N) is 1. The molecular weight excluding hydrogens is 369 g/mol. The number of carbonyl (C=O) groups is 2. The predicted octanol–water partition coefficient (Wildman–Crippen LogP) is 3.15. The number of carboxylic acid groups (broad SMARTS) is 1. The van der Waals surface area contributed by atoms with E-state index in [4.69, 9.17) is 0 Å². The van der Waals surface area contributed by atoms with Crippen LogP contribution < -0.4 is 0 Å².